The molecule has 0 saturated carbocycles. The van der Waals surface area contributed by atoms with Crippen LogP contribution in [0.1, 0.15) is 28.8 Å². The number of benzene rings is 1. The molecule has 1 atom stereocenters. The second-order valence-electron chi connectivity index (χ2n) is 7.79. The largest absolute Gasteiger partial charge is 0.347 e. The van der Waals surface area contributed by atoms with Gasteiger partial charge in [0, 0.05) is 37.3 Å². The monoisotopic (exact) mass is 467 g/mol. The summed E-state index contributed by atoms with van der Waals surface area (Å²) in [6.45, 7) is 2.54. The number of thiazole rings is 1. The lowest BCUT2D eigenvalue weighted by molar-refractivity contribution is -0.132. The van der Waals surface area contributed by atoms with Gasteiger partial charge in [-0.3, -0.25) is 9.59 Å². The molecule has 2 amide bonds. The van der Waals surface area contributed by atoms with Gasteiger partial charge in [-0.25, -0.2) is 9.97 Å². The van der Waals surface area contributed by atoms with Gasteiger partial charge < -0.3 is 15.1 Å². The number of rotatable bonds is 6. The molecule has 0 aliphatic carbocycles. The first kappa shape index (κ1) is 22.3. The standard InChI is InChI=1S/C23H25N5O2S2/c1-15-9-10-16(31-20-14-25-23(32-20)26-19-8-4-5-11-24-19)13-17(15)21(29)28-12-6-7-18(28)22(30)27(2)3/h4-5,8-11,13-14,18H,6-7,12H2,1-3H3,(H,24,25,26). The van der Waals surface area contributed by atoms with Gasteiger partial charge in [0.15, 0.2) is 5.13 Å². The Hall–Kier alpha value is -2.91. The zero-order chi connectivity index (χ0) is 22.7. The number of hydrogen-bond acceptors (Lipinski definition) is 7. The van der Waals surface area contributed by atoms with E-state index >= 15 is 0 Å². The summed E-state index contributed by atoms with van der Waals surface area (Å²) in [5, 5.41) is 3.96. The molecule has 166 valence electrons. The summed E-state index contributed by atoms with van der Waals surface area (Å²) < 4.78 is 1.01. The number of carbonyl (C=O) groups is 2. The van der Waals surface area contributed by atoms with Gasteiger partial charge in [-0.2, -0.15) is 0 Å². The lowest BCUT2D eigenvalue weighted by atomic mass is 10.1. The number of aromatic nitrogens is 2. The van der Waals surface area contributed by atoms with Crippen LogP contribution in [0.3, 0.4) is 0 Å². The van der Waals surface area contributed by atoms with E-state index in [-0.39, 0.29) is 17.9 Å². The van der Waals surface area contributed by atoms with Gasteiger partial charge in [0.25, 0.3) is 5.91 Å². The van der Waals surface area contributed by atoms with Crippen LogP contribution < -0.4 is 5.32 Å². The van der Waals surface area contributed by atoms with Crippen LogP contribution in [-0.2, 0) is 4.79 Å². The average molecular weight is 468 g/mol. The summed E-state index contributed by atoms with van der Waals surface area (Å²) >= 11 is 3.09. The third-order valence-electron chi connectivity index (χ3n) is 5.28. The molecule has 0 radical (unpaired) electrons. The predicted octanol–water partition coefficient (Wildman–Crippen LogP) is 4.43. The van der Waals surface area contributed by atoms with Crippen LogP contribution >= 0.6 is 23.1 Å². The van der Waals surface area contributed by atoms with E-state index < -0.39 is 0 Å². The second-order valence-corrected chi connectivity index (χ2v) is 10.2. The van der Waals surface area contributed by atoms with E-state index in [9.17, 15) is 9.59 Å². The number of anilines is 2. The molecule has 3 heterocycles. The first-order chi connectivity index (χ1) is 15.4. The van der Waals surface area contributed by atoms with Crippen LogP contribution in [0.4, 0.5) is 10.9 Å². The van der Waals surface area contributed by atoms with Crippen molar-refractivity contribution in [2.75, 3.05) is 26.0 Å². The fourth-order valence-corrected chi connectivity index (χ4v) is 5.54. The Morgan fingerprint density at radius 3 is 2.81 bits per heavy atom. The van der Waals surface area contributed by atoms with Crippen LogP contribution in [0.2, 0.25) is 0 Å². The lowest BCUT2D eigenvalue weighted by Gasteiger charge is -2.27. The fourth-order valence-electron chi connectivity index (χ4n) is 3.64. The van der Waals surface area contributed by atoms with E-state index in [1.807, 2.05) is 49.5 Å². The molecule has 1 aliphatic heterocycles. The molecule has 0 spiro atoms. The fraction of sp³-hybridized carbons (Fsp3) is 0.304. The van der Waals surface area contributed by atoms with Gasteiger partial charge in [0.05, 0.1) is 10.4 Å². The van der Waals surface area contributed by atoms with Crippen LogP contribution in [0.25, 0.3) is 0 Å². The molecule has 9 heteroatoms. The molecule has 1 aromatic carbocycles. The predicted molar refractivity (Wildman–Crippen MR) is 128 cm³/mol. The number of carbonyl (C=O) groups excluding carboxylic acids is 2. The number of aryl methyl sites for hydroxylation is 1. The first-order valence-corrected chi connectivity index (χ1v) is 12.0. The van der Waals surface area contributed by atoms with Gasteiger partial charge >= 0.3 is 0 Å². The third kappa shape index (κ3) is 4.94. The lowest BCUT2D eigenvalue weighted by Crippen LogP contribution is -2.45. The van der Waals surface area contributed by atoms with Crippen molar-refractivity contribution in [1.82, 2.24) is 19.8 Å². The molecular formula is C23H25N5O2S2. The highest BCUT2D eigenvalue weighted by atomic mass is 32.2. The van der Waals surface area contributed by atoms with Gasteiger partial charge in [0.1, 0.15) is 11.9 Å². The number of amides is 2. The van der Waals surface area contributed by atoms with E-state index in [0.717, 1.165) is 32.0 Å². The van der Waals surface area contributed by atoms with E-state index in [1.54, 1.807) is 41.9 Å². The molecule has 1 unspecified atom stereocenters. The van der Waals surface area contributed by atoms with Gasteiger partial charge in [-0.05, 0) is 49.6 Å². The van der Waals surface area contributed by atoms with E-state index in [1.165, 1.54) is 11.3 Å². The average Bonchev–Trinajstić information content (AvgIpc) is 3.44. The number of nitrogens with zero attached hydrogens (tertiary/aromatic N) is 4. The van der Waals surface area contributed by atoms with Crippen molar-refractivity contribution in [2.45, 2.75) is 34.9 Å². The summed E-state index contributed by atoms with van der Waals surface area (Å²) in [6, 6.07) is 11.2. The van der Waals surface area contributed by atoms with Gasteiger partial charge in [-0.15, -0.1) is 0 Å². The molecule has 2 aromatic heterocycles. The zero-order valence-corrected chi connectivity index (χ0v) is 19.9. The highest BCUT2D eigenvalue weighted by Crippen LogP contribution is 2.36. The minimum Gasteiger partial charge on any atom is -0.347 e. The van der Waals surface area contributed by atoms with E-state index in [0.29, 0.717) is 18.5 Å². The topological polar surface area (TPSA) is 78.4 Å². The van der Waals surface area contributed by atoms with Gasteiger partial charge in [-0.1, -0.05) is 35.2 Å². The van der Waals surface area contributed by atoms with Crippen LogP contribution in [-0.4, -0.2) is 58.3 Å². The minimum atomic E-state index is -0.380. The smallest absolute Gasteiger partial charge is 0.254 e. The van der Waals surface area contributed by atoms with Crippen molar-refractivity contribution in [1.29, 1.82) is 0 Å². The normalized spacial score (nSPS) is 15.6. The molecule has 7 nitrogen and oxygen atoms in total. The molecule has 3 aromatic rings. The summed E-state index contributed by atoms with van der Waals surface area (Å²) in [5.41, 5.74) is 1.55. The van der Waals surface area contributed by atoms with E-state index in [2.05, 4.69) is 15.3 Å². The highest BCUT2D eigenvalue weighted by molar-refractivity contribution is 8.01. The molecule has 4 rings (SSSR count). The SMILES string of the molecule is Cc1ccc(Sc2cnc(Nc3ccccn3)s2)cc1C(=O)N1CCCC1C(=O)N(C)C. The Morgan fingerprint density at radius 2 is 2.06 bits per heavy atom. The van der Waals surface area contributed by atoms with Gasteiger partial charge in [0.2, 0.25) is 5.91 Å². The third-order valence-corrected chi connectivity index (χ3v) is 7.29. The maximum Gasteiger partial charge on any atom is 0.254 e. The molecular weight excluding hydrogens is 442 g/mol. The molecule has 1 fully saturated rings. The summed E-state index contributed by atoms with van der Waals surface area (Å²) in [6.07, 6.45) is 5.10. The number of nitrogens with one attached hydrogen (secondary N) is 1. The molecule has 1 aliphatic rings. The van der Waals surface area contributed by atoms with E-state index in [4.69, 9.17) is 0 Å². The van der Waals surface area contributed by atoms with Crippen LogP contribution in [0.5, 0.6) is 0 Å². The summed E-state index contributed by atoms with van der Waals surface area (Å²) in [7, 11) is 3.47. The Balaban J connectivity index is 1.49. The second kappa shape index (κ2) is 9.70. The van der Waals surface area contributed by atoms with Crippen LogP contribution in [0, 0.1) is 6.92 Å². The summed E-state index contributed by atoms with van der Waals surface area (Å²) in [4.78, 5) is 38.8. The van der Waals surface area contributed by atoms with Crippen molar-refractivity contribution >= 4 is 45.9 Å². The van der Waals surface area contributed by atoms with Crippen LogP contribution in [0.15, 0.2) is 57.9 Å². The minimum absolute atomic E-state index is 0.0170. The maximum absolute atomic E-state index is 13.3. The zero-order valence-electron chi connectivity index (χ0n) is 18.2. The molecule has 0 bridgehead atoms. The first-order valence-electron chi connectivity index (χ1n) is 10.4. The van der Waals surface area contributed by atoms with Crippen molar-refractivity contribution in [3.8, 4) is 0 Å². The molecule has 1 saturated heterocycles. The molecule has 1 N–H and O–H groups in total. The number of hydrogen-bond donors (Lipinski definition) is 1. The maximum atomic E-state index is 13.3. The molecule has 32 heavy (non-hydrogen) atoms. The Labute approximate surface area is 195 Å². The highest BCUT2D eigenvalue weighted by Gasteiger charge is 2.35. The van der Waals surface area contributed by atoms with Crippen molar-refractivity contribution in [3.63, 3.8) is 0 Å². The number of pyridine rings is 1. The Kier molecular flexibility index (Phi) is 6.76. The van der Waals surface area contributed by atoms with Crippen molar-refractivity contribution in [3.05, 3.63) is 59.9 Å². The summed E-state index contributed by atoms with van der Waals surface area (Å²) in [5.74, 6) is 0.648. The van der Waals surface area contributed by atoms with Crippen molar-refractivity contribution in [2.24, 2.45) is 0 Å². The Bertz CT molecular complexity index is 1120. The Morgan fingerprint density at radius 1 is 1.22 bits per heavy atom. The number of likely N-dealkylation sites (tertiary alicyclic amines) is 1. The quantitative estimate of drug-likeness (QED) is 0.578. The van der Waals surface area contributed by atoms with Crippen molar-refractivity contribution < 1.29 is 9.59 Å². The number of likely N-dealkylation sites (N-methyl/N-ethyl adjacent to an activating group) is 1.